The highest BCUT2D eigenvalue weighted by Crippen LogP contribution is 2.32. The second kappa shape index (κ2) is 7.58. The number of benzene rings is 2. The van der Waals surface area contributed by atoms with E-state index < -0.39 is 0 Å². The summed E-state index contributed by atoms with van der Waals surface area (Å²) in [5, 5.41) is 0. The minimum absolute atomic E-state index is 0.0379. The molecule has 0 radical (unpaired) electrons. The van der Waals surface area contributed by atoms with Crippen LogP contribution in [0.5, 0.6) is 11.5 Å². The van der Waals surface area contributed by atoms with Crippen LogP contribution in [-0.4, -0.2) is 31.3 Å². The fraction of sp³-hybridized carbons (Fsp3) is 0.227. The molecule has 3 aromatic rings. The summed E-state index contributed by atoms with van der Waals surface area (Å²) < 4.78 is 19.0. The Morgan fingerprint density at radius 1 is 1.00 bits per heavy atom. The Morgan fingerprint density at radius 2 is 1.85 bits per heavy atom. The van der Waals surface area contributed by atoms with Gasteiger partial charge >= 0.3 is 0 Å². The van der Waals surface area contributed by atoms with Gasteiger partial charge < -0.3 is 18.8 Å². The van der Waals surface area contributed by atoms with Gasteiger partial charge in [0.2, 0.25) is 5.90 Å². The minimum atomic E-state index is 0.0379. The summed E-state index contributed by atoms with van der Waals surface area (Å²) in [7, 11) is 3.31. The lowest BCUT2D eigenvalue weighted by molar-refractivity contribution is 0.318. The fourth-order valence-corrected chi connectivity index (χ4v) is 3.37. The Kier molecular flexibility index (Phi) is 4.83. The van der Waals surface area contributed by atoms with E-state index in [0.29, 0.717) is 19.0 Å². The molecule has 0 unspecified atom stereocenters. The molecule has 4 rings (SSSR count). The van der Waals surface area contributed by atoms with E-state index in [9.17, 15) is 0 Å². The van der Waals surface area contributed by atoms with Crippen molar-refractivity contribution in [2.75, 3.05) is 20.8 Å². The second-order valence-corrected chi connectivity index (χ2v) is 6.35. The van der Waals surface area contributed by atoms with Crippen LogP contribution in [0.1, 0.15) is 22.9 Å². The molecular weight excluding hydrogens is 340 g/mol. The number of rotatable bonds is 6. The zero-order valence-corrected chi connectivity index (χ0v) is 15.5. The SMILES string of the molecule is COc1cccc(Cn2cccc2C2=N[C@H](c3ccccc3)CO2)c1OC. The van der Waals surface area contributed by atoms with Crippen LogP contribution >= 0.6 is 0 Å². The van der Waals surface area contributed by atoms with Crippen LogP contribution in [-0.2, 0) is 11.3 Å². The molecule has 1 aromatic heterocycles. The van der Waals surface area contributed by atoms with Gasteiger partial charge in [-0.2, -0.15) is 0 Å². The first kappa shape index (κ1) is 17.2. The maximum absolute atomic E-state index is 5.92. The van der Waals surface area contributed by atoms with Gasteiger partial charge in [-0.25, -0.2) is 4.99 Å². The van der Waals surface area contributed by atoms with Crippen LogP contribution in [0.15, 0.2) is 71.9 Å². The van der Waals surface area contributed by atoms with E-state index in [0.717, 1.165) is 22.8 Å². The fourth-order valence-electron chi connectivity index (χ4n) is 3.37. The molecule has 0 aliphatic carbocycles. The normalized spacial score (nSPS) is 15.9. The van der Waals surface area contributed by atoms with E-state index in [1.165, 1.54) is 5.56 Å². The van der Waals surface area contributed by atoms with Crippen molar-refractivity contribution in [3.8, 4) is 11.5 Å². The lowest BCUT2D eigenvalue weighted by Gasteiger charge is -2.14. The second-order valence-electron chi connectivity index (χ2n) is 6.35. The standard InChI is InChI=1S/C22H22N2O3/c1-25-20-12-6-10-17(21(20)26-2)14-24-13-7-11-19(24)22-23-18(15-27-22)16-8-4-3-5-9-16/h3-13,18H,14-15H2,1-2H3/t18-/m0/s1. The van der Waals surface area contributed by atoms with Crippen molar-refractivity contribution in [3.63, 3.8) is 0 Å². The predicted octanol–water partition coefficient (Wildman–Crippen LogP) is 4.07. The van der Waals surface area contributed by atoms with Crippen molar-refractivity contribution in [2.24, 2.45) is 4.99 Å². The van der Waals surface area contributed by atoms with E-state index >= 15 is 0 Å². The highest BCUT2D eigenvalue weighted by Gasteiger charge is 2.23. The molecule has 2 aromatic carbocycles. The molecule has 1 atom stereocenters. The number of nitrogens with zero attached hydrogens (tertiary/aromatic N) is 2. The number of para-hydroxylation sites is 1. The molecule has 1 aliphatic rings. The van der Waals surface area contributed by atoms with Gasteiger partial charge in [0.25, 0.3) is 0 Å². The van der Waals surface area contributed by atoms with Gasteiger partial charge in [-0.3, -0.25) is 0 Å². The quantitative estimate of drug-likeness (QED) is 0.664. The largest absolute Gasteiger partial charge is 0.493 e. The Bertz CT molecular complexity index is 947. The maximum Gasteiger partial charge on any atom is 0.234 e. The van der Waals surface area contributed by atoms with Crippen molar-refractivity contribution in [3.05, 3.63) is 83.7 Å². The topological polar surface area (TPSA) is 45.0 Å². The van der Waals surface area contributed by atoms with Gasteiger partial charge in [0.15, 0.2) is 11.5 Å². The molecule has 0 saturated heterocycles. The average Bonchev–Trinajstić information content (AvgIpc) is 3.37. The molecule has 0 spiro atoms. The van der Waals surface area contributed by atoms with Crippen molar-refractivity contribution in [2.45, 2.75) is 12.6 Å². The summed E-state index contributed by atoms with van der Waals surface area (Å²) in [6.45, 7) is 1.20. The summed E-state index contributed by atoms with van der Waals surface area (Å²) in [5.41, 5.74) is 3.16. The third-order valence-electron chi connectivity index (χ3n) is 4.71. The Labute approximate surface area is 158 Å². The van der Waals surface area contributed by atoms with Gasteiger partial charge in [-0.05, 0) is 23.8 Å². The zero-order valence-electron chi connectivity index (χ0n) is 15.5. The van der Waals surface area contributed by atoms with Crippen molar-refractivity contribution >= 4 is 5.90 Å². The third kappa shape index (κ3) is 3.40. The van der Waals surface area contributed by atoms with Gasteiger partial charge in [0.05, 0.1) is 20.8 Å². The molecule has 0 amide bonds. The first-order valence-corrected chi connectivity index (χ1v) is 8.91. The first-order valence-electron chi connectivity index (χ1n) is 8.91. The Morgan fingerprint density at radius 3 is 2.63 bits per heavy atom. The number of aliphatic imine (C=N–C) groups is 1. The van der Waals surface area contributed by atoms with Crippen LogP contribution in [0.25, 0.3) is 0 Å². The number of aromatic nitrogens is 1. The predicted molar refractivity (Wildman–Crippen MR) is 105 cm³/mol. The van der Waals surface area contributed by atoms with Gasteiger partial charge in [-0.15, -0.1) is 0 Å². The number of hydrogen-bond donors (Lipinski definition) is 0. The van der Waals surface area contributed by atoms with Crippen LogP contribution < -0.4 is 9.47 Å². The van der Waals surface area contributed by atoms with Crippen molar-refractivity contribution < 1.29 is 14.2 Å². The van der Waals surface area contributed by atoms with Gasteiger partial charge in [-0.1, -0.05) is 42.5 Å². The van der Waals surface area contributed by atoms with Crippen LogP contribution in [0, 0.1) is 0 Å². The molecule has 0 saturated carbocycles. The zero-order chi connectivity index (χ0) is 18.6. The molecule has 27 heavy (non-hydrogen) atoms. The van der Waals surface area contributed by atoms with Gasteiger partial charge in [0, 0.05) is 11.8 Å². The lowest BCUT2D eigenvalue weighted by atomic mass is 10.1. The summed E-state index contributed by atoms with van der Waals surface area (Å²) in [5.74, 6) is 2.15. The van der Waals surface area contributed by atoms with E-state index in [4.69, 9.17) is 19.2 Å². The first-order chi connectivity index (χ1) is 13.3. The minimum Gasteiger partial charge on any atom is -0.493 e. The van der Waals surface area contributed by atoms with Crippen molar-refractivity contribution in [1.29, 1.82) is 0 Å². The lowest BCUT2D eigenvalue weighted by Crippen LogP contribution is -2.11. The van der Waals surface area contributed by atoms with E-state index in [2.05, 4.69) is 16.7 Å². The monoisotopic (exact) mass is 362 g/mol. The number of ether oxygens (including phenoxy) is 3. The molecule has 5 heteroatoms. The summed E-state index contributed by atoms with van der Waals surface area (Å²) in [6.07, 6.45) is 2.02. The molecule has 0 bridgehead atoms. The summed E-state index contributed by atoms with van der Waals surface area (Å²) in [6, 6.07) is 20.2. The Balaban J connectivity index is 1.61. The van der Waals surface area contributed by atoms with Gasteiger partial charge in [0.1, 0.15) is 18.3 Å². The summed E-state index contributed by atoms with van der Waals surface area (Å²) >= 11 is 0. The van der Waals surface area contributed by atoms with Crippen LogP contribution in [0.3, 0.4) is 0 Å². The number of methoxy groups -OCH3 is 2. The smallest absolute Gasteiger partial charge is 0.234 e. The maximum atomic E-state index is 5.92. The van der Waals surface area contributed by atoms with Crippen LogP contribution in [0.4, 0.5) is 0 Å². The summed E-state index contributed by atoms with van der Waals surface area (Å²) in [4.78, 5) is 4.80. The van der Waals surface area contributed by atoms with Crippen LogP contribution in [0.2, 0.25) is 0 Å². The molecule has 2 heterocycles. The third-order valence-corrected chi connectivity index (χ3v) is 4.71. The highest BCUT2D eigenvalue weighted by atomic mass is 16.5. The number of hydrogen-bond acceptors (Lipinski definition) is 4. The molecule has 0 N–H and O–H groups in total. The molecule has 1 aliphatic heterocycles. The average molecular weight is 362 g/mol. The molecular formula is C22H22N2O3. The van der Waals surface area contributed by atoms with E-state index in [1.54, 1.807) is 14.2 Å². The molecule has 138 valence electrons. The molecule has 0 fully saturated rings. The van der Waals surface area contributed by atoms with E-state index in [-0.39, 0.29) is 6.04 Å². The Hall–Kier alpha value is -3.21. The van der Waals surface area contributed by atoms with Crippen molar-refractivity contribution in [1.82, 2.24) is 4.57 Å². The highest BCUT2D eigenvalue weighted by molar-refractivity contribution is 5.93. The van der Waals surface area contributed by atoms with E-state index in [1.807, 2.05) is 54.7 Å². The molecule has 5 nitrogen and oxygen atoms in total.